The van der Waals surface area contributed by atoms with Crippen molar-refractivity contribution >= 4 is 5.91 Å². The minimum absolute atomic E-state index is 0.0182. The maximum Gasteiger partial charge on any atom is 0.249 e. The lowest BCUT2D eigenvalue weighted by atomic mass is 10.1. The number of carbonyl (C=O) groups excluding carboxylic acids is 1. The Morgan fingerprint density at radius 3 is 2.39 bits per heavy atom. The molecule has 0 aliphatic rings. The molecule has 1 amide bonds. The Kier molecular flexibility index (Phi) is 5.22. The molecule has 0 heterocycles. The molecule has 0 fully saturated rings. The van der Waals surface area contributed by atoms with Crippen LogP contribution >= 0.6 is 0 Å². The highest BCUT2D eigenvalue weighted by atomic mass is 19.1. The van der Waals surface area contributed by atoms with Crippen LogP contribution in [-0.2, 0) is 16.0 Å². The molecule has 1 rings (SSSR count). The summed E-state index contributed by atoms with van der Waals surface area (Å²) in [4.78, 5) is 11.5. The molecule has 100 valence electrons. The van der Waals surface area contributed by atoms with Crippen LogP contribution in [0.4, 0.5) is 8.78 Å². The van der Waals surface area contributed by atoms with Gasteiger partial charge in [-0.3, -0.25) is 4.79 Å². The zero-order valence-electron chi connectivity index (χ0n) is 10.7. The average molecular weight is 257 g/mol. The van der Waals surface area contributed by atoms with Gasteiger partial charge in [-0.25, -0.2) is 8.78 Å². The fourth-order valence-corrected chi connectivity index (χ4v) is 1.55. The summed E-state index contributed by atoms with van der Waals surface area (Å²) >= 11 is 0. The molecule has 2 unspecified atom stereocenters. The number of hydrogen-bond acceptors (Lipinski definition) is 2. The van der Waals surface area contributed by atoms with Crippen LogP contribution in [-0.4, -0.2) is 25.2 Å². The number of ether oxygens (including phenoxy) is 1. The third-order valence-electron chi connectivity index (χ3n) is 2.68. The number of methoxy groups -OCH3 is 1. The monoisotopic (exact) mass is 257 g/mol. The van der Waals surface area contributed by atoms with E-state index in [9.17, 15) is 13.6 Å². The van der Waals surface area contributed by atoms with Gasteiger partial charge in [-0.05, 0) is 32.4 Å². The number of amides is 1. The SMILES string of the molecule is COC(C)C(=O)NC(C)Cc1c(F)cccc1F. The maximum absolute atomic E-state index is 13.4. The topological polar surface area (TPSA) is 38.3 Å². The van der Waals surface area contributed by atoms with Gasteiger partial charge in [0.05, 0.1) is 0 Å². The van der Waals surface area contributed by atoms with Gasteiger partial charge in [0, 0.05) is 18.7 Å². The van der Waals surface area contributed by atoms with E-state index in [1.807, 2.05) is 0 Å². The summed E-state index contributed by atoms with van der Waals surface area (Å²) in [6.07, 6.45) is -0.487. The van der Waals surface area contributed by atoms with Gasteiger partial charge in [-0.2, -0.15) is 0 Å². The molecule has 0 bridgehead atoms. The van der Waals surface area contributed by atoms with Gasteiger partial charge in [0.1, 0.15) is 17.7 Å². The predicted molar refractivity (Wildman–Crippen MR) is 64.1 cm³/mol. The normalized spacial score (nSPS) is 14.1. The minimum Gasteiger partial charge on any atom is -0.372 e. The highest BCUT2D eigenvalue weighted by Crippen LogP contribution is 2.14. The van der Waals surface area contributed by atoms with Gasteiger partial charge in [0.15, 0.2) is 0 Å². The summed E-state index contributed by atoms with van der Waals surface area (Å²) in [7, 11) is 1.42. The summed E-state index contributed by atoms with van der Waals surface area (Å²) in [5.74, 6) is -1.51. The van der Waals surface area contributed by atoms with Crippen molar-refractivity contribution in [1.29, 1.82) is 0 Å². The van der Waals surface area contributed by atoms with Crippen molar-refractivity contribution in [3.05, 3.63) is 35.4 Å². The standard InChI is InChI=1S/C13H17F2NO2/c1-8(16-13(17)9(2)18-3)7-10-11(14)5-4-6-12(10)15/h4-6,8-9H,7H2,1-3H3,(H,16,17). The Balaban J connectivity index is 2.65. The first-order chi connectivity index (χ1) is 8.45. The van der Waals surface area contributed by atoms with E-state index in [2.05, 4.69) is 5.32 Å². The Morgan fingerprint density at radius 2 is 1.89 bits per heavy atom. The van der Waals surface area contributed by atoms with Crippen LogP contribution in [0.15, 0.2) is 18.2 Å². The maximum atomic E-state index is 13.4. The predicted octanol–water partition coefficient (Wildman–Crippen LogP) is 2.05. The zero-order valence-corrected chi connectivity index (χ0v) is 10.7. The fourth-order valence-electron chi connectivity index (χ4n) is 1.55. The van der Waals surface area contributed by atoms with Crippen LogP contribution in [0.1, 0.15) is 19.4 Å². The molecule has 1 N–H and O–H groups in total. The summed E-state index contributed by atoms with van der Waals surface area (Å²) in [5.41, 5.74) is -0.0182. The van der Waals surface area contributed by atoms with Crippen LogP contribution in [0.2, 0.25) is 0 Å². The second-order valence-electron chi connectivity index (χ2n) is 4.19. The second kappa shape index (κ2) is 6.44. The summed E-state index contributed by atoms with van der Waals surface area (Å²) in [5, 5.41) is 2.64. The van der Waals surface area contributed by atoms with Gasteiger partial charge in [0.2, 0.25) is 5.91 Å². The Hall–Kier alpha value is -1.49. The van der Waals surface area contributed by atoms with E-state index in [-0.39, 0.29) is 23.9 Å². The molecule has 0 saturated carbocycles. The van der Waals surface area contributed by atoms with Crippen LogP contribution in [0.3, 0.4) is 0 Å². The lowest BCUT2D eigenvalue weighted by Gasteiger charge is -2.17. The van der Waals surface area contributed by atoms with E-state index in [0.717, 1.165) is 0 Å². The van der Waals surface area contributed by atoms with Gasteiger partial charge < -0.3 is 10.1 Å². The quantitative estimate of drug-likeness (QED) is 0.876. The number of nitrogens with one attached hydrogen (secondary N) is 1. The van der Waals surface area contributed by atoms with E-state index in [0.29, 0.717) is 0 Å². The van der Waals surface area contributed by atoms with Crippen molar-refractivity contribution in [2.24, 2.45) is 0 Å². The summed E-state index contributed by atoms with van der Waals surface area (Å²) in [6.45, 7) is 3.29. The molecule has 2 atom stereocenters. The molecule has 1 aromatic rings. The molecule has 0 spiro atoms. The van der Waals surface area contributed by atoms with Crippen molar-refractivity contribution < 1.29 is 18.3 Å². The zero-order chi connectivity index (χ0) is 13.7. The molecule has 18 heavy (non-hydrogen) atoms. The fraction of sp³-hybridized carbons (Fsp3) is 0.462. The van der Waals surface area contributed by atoms with Crippen molar-refractivity contribution in [2.75, 3.05) is 7.11 Å². The van der Waals surface area contributed by atoms with Crippen molar-refractivity contribution in [3.63, 3.8) is 0 Å². The second-order valence-corrected chi connectivity index (χ2v) is 4.19. The lowest BCUT2D eigenvalue weighted by Crippen LogP contribution is -2.40. The first kappa shape index (κ1) is 14.6. The molecule has 0 aromatic heterocycles. The van der Waals surface area contributed by atoms with Crippen LogP contribution in [0.25, 0.3) is 0 Å². The van der Waals surface area contributed by atoms with E-state index < -0.39 is 17.7 Å². The molecule has 3 nitrogen and oxygen atoms in total. The molecule has 0 radical (unpaired) electrons. The first-order valence-electron chi connectivity index (χ1n) is 5.71. The van der Waals surface area contributed by atoms with E-state index in [1.165, 1.54) is 25.3 Å². The number of halogens is 2. The number of carbonyl (C=O) groups is 1. The average Bonchev–Trinajstić information content (AvgIpc) is 2.32. The molecular weight excluding hydrogens is 240 g/mol. The van der Waals surface area contributed by atoms with Crippen LogP contribution in [0.5, 0.6) is 0 Å². The minimum atomic E-state index is -0.601. The Morgan fingerprint density at radius 1 is 1.33 bits per heavy atom. The molecule has 1 aromatic carbocycles. The molecular formula is C13H17F2NO2. The molecule has 5 heteroatoms. The van der Waals surface area contributed by atoms with Gasteiger partial charge in [-0.1, -0.05) is 6.07 Å². The van der Waals surface area contributed by atoms with E-state index >= 15 is 0 Å². The first-order valence-corrected chi connectivity index (χ1v) is 5.71. The van der Waals surface area contributed by atoms with E-state index in [4.69, 9.17) is 4.74 Å². The highest BCUT2D eigenvalue weighted by molar-refractivity contribution is 5.80. The van der Waals surface area contributed by atoms with Crippen molar-refractivity contribution in [2.45, 2.75) is 32.4 Å². The van der Waals surface area contributed by atoms with Crippen molar-refractivity contribution in [3.8, 4) is 0 Å². The molecule has 0 aliphatic heterocycles. The molecule has 0 saturated heterocycles. The number of benzene rings is 1. The summed E-state index contributed by atoms with van der Waals surface area (Å²) in [6, 6.07) is 3.33. The molecule has 0 aliphatic carbocycles. The van der Waals surface area contributed by atoms with Crippen molar-refractivity contribution in [1.82, 2.24) is 5.32 Å². The Labute approximate surface area is 105 Å². The van der Waals surface area contributed by atoms with Gasteiger partial charge in [-0.15, -0.1) is 0 Å². The number of rotatable bonds is 5. The largest absolute Gasteiger partial charge is 0.372 e. The van der Waals surface area contributed by atoms with Crippen LogP contribution < -0.4 is 5.32 Å². The Bertz CT molecular complexity index is 403. The number of hydrogen-bond donors (Lipinski definition) is 1. The summed E-state index contributed by atoms with van der Waals surface area (Å²) < 4.78 is 31.6. The third-order valence-corrected chi connectivity index (χ3v) is 2.68. The van der Waals surface area contributed by atoms with E-state index in [1.54, 1.807) is 13.8 Å². The smallest absolute Gasteiger partial charge is 0.249 e. The van der Waals surface area contributed by atoms with Gasteiger partial charge >= 0.3 is 0 Å². The third kappa shape index (κ3) is 3.77. The van der Waals surface area contributed by atoms with Crippen LogP contribution in [0, 0.1) is 11.6 Å². The lowest BCUT2D eigenvalue weighted by molar-refractivity contribution is -0.130. The van der Waals surface area contributed by atoms with Gasteiger partial charge in [0.25, 0.3) is 0 Å². The highest BCUT2D eigenvalue weighted by Gasteiger charge is 2.17.